The van der Waals surface area contributed by atoms with Crippen LogP contribution in [0.2, 0.25) is 0 Å². The first kappa shape index (κ1) is 23.2. The van der Waals surface area contributed by atoms with E-state index in [-0.39, 0.29) is 30.9 Å². The van der Waals surface area contributed by atoms with Gasteiger partial charge in [0.15, 0.2) is 0 Å². The molecule has 1 aliphatic heterocycles. The number of hydrogen-bond acceptors (Lipinski definition) is 8. The molecular formula is C23H22N2O6S. The van der Waals surface area contributed by atoms with Gasteiger partial charge in [-0.1, -0.05) is 12.1 Å². The fourth-order valence-electron chi connectivity index (χ4n) is 3.21. The summed E-state index contributed by atoms with van der Waals surface area (Å²) in [6, 6.07) is 14.2. The molecule has 3 rings (SSSR count). The third-order valence-corrected chi connectivity index (χ3v) is 6.12. The fraction of sp³-hybridized carbons (Fsp3) is 0.304. The van der Waals surface area contributed by atoms with E-state index in [2.05, 4.69) is 0 Å². The average Bonchev–Trinajstić information content (AvgIpc) is 3.18. The Morgan fingerprint density at radius 1 is 1.12 bits per heavy atom. The topological polar surface area (TPSA) is 106 Å². The zero-order chi connectivity index (χ0) is 23.1. The van der Waals surface area contributed by atoms with Crippen molar-refractivity contribution in [3.63, 3.8) is 0 Å². The molecule has 0 N–H and O–H groups in total. The number of carbonyl (C=O) groups excluding carboxylic acids is 3. The quantitative estimate of drug-likeness (QED) is 0.340. The van der Waals surface area contributed by atoms with Crippen LogP contribution in [0.15, 0.2) is 47.4 Å². The molecule has 1 unspecified atom stereocenters. The van der Waals surface area contributed by atoms with Gasteiger partial charge in [-0.2, -0.15) is 5.26 Å². The Morgan fingerprint density at radius 2 is 1.81 bits per heavy atom. The number of thioether (sulfide) groups is 1. The first-order chi connectivity index (χ1) is 15.4. The molecule has 1 atom stereocenters. The van der Waals surface area contributed by atoms with E-state index in [1.165, 1.54) is 30.9 Å². The van der Waals surface area contributed by atoms with Crippen molar-refractivity contribution in [2.45, 2.75) is 23.8 Å². The number of esters is 2. The number of benzene rings is 2. The minimum Gasteiger partial charge on any atom is -0.469 e. The van der Waals surface area contributed by atoms with Gasteiger partial charge in [0.05, 0.1) is 45.2 Å². The molecule has 0 bridgehead atoms. The maximum absolute atomic E-state index is 12.3. The number of amides is 1. The zero-order valence-corrected chi connectivity index (χ0v) is 18.5. The van der Waals surface area contributed by atoms with Crippen LogP contribution in [0.3, 0.4) is 0 Å². The molecule has 2 aromatic rings. The van der Waals surface area contributed by atoms with Crippen LogP contribution in [-0.4, -0.2) is 50.7 Å². The number of anilines is 1. The number of cyclic esters (lactones) is 1. The Kier molecular flexibility index (Phi) is 7.73. The van der Waals surface area contributed by atoms with Crippen molar-refractivity contribution in [2.24, 2.45) is 0 Å². The van der Waals surface area contributed by atoms with E-state index >= 15 is 0 Å². The van der Waals surface area contributed by atoms with Gasteiger partial charge < -0.3 is 14.2 Å². The Hall–Kier alpha value is -3.51. The minimum absolute atomic E-state index is 0.0651. The Balaban J connectivity index is 1.68. The van der Waals surface area contributed by atoms with Crippen molar-refractivity contribution in [2.75, 3.05) is 31.4 Å². The normalized spacial score (nSPS) is 15.1. The number of carbonyl (C=O) groups is 3. The van der Waals surface area contributed by atoms with Crippen LogP contribution in [0.25, 0.3) is 0 Å². The molecule has 0 spiro atoms. The van der Waals surface area contributed by atoms with Crippen molar-refractivity contribution in [3.05, 3.63) is 59.2 Å². The summed E-state index contributed by atoms with van der Waals surface area (Å²) in [5.41, 5.74) is 2.65. The maximum atomic E-state index is 12.3. The molecule has 1 amide bonds. The highest BCUT2D eigenvalue weighted by molar-refractivity contribution is 7.99. The van der Waals surface area contributed by atoms with Crippen LogP contribution in [0.1, 0.15) is 16.7 Å². The SMILES string of the molecule is COC(=O)Cc1ccc(SCC2CN(c3ccc(C#N)cc3)C(=O)O2)c(CC(=O)OC)c1. The molecule has 0 saturated carbocycles. The lowest BCUT2D eigenvalue weighted by Crippen LogP contribution is -2.24. The fourth-order valence-corrected chi connectivity index (χ4v) is 4.23. The lowest BCUT2D eigenvalue weighted by molar-refractivity contribution is -0.140. The summed E-state index contributed by atoms with van der Waals surface area (Å²) < 4.78 is 15.0. The lowest BCUT2D eigenvalue weighted by Gasteiger charge is -2.14. The summed E-state index contributed by atoms with van der Waals surface area (Å²) in [6.45, 7) is 0.379. The summed E-state index contributed by atoms with van der Waals surface area (Å²) in [5.74, 6) is -0.264. The molecule has 1 heterocycles. The highest BCUT2D eigenvalue weighted by Crippen LogP contribution is 2.29. The van der Waals surface area contributed by atoms with Gasteiger partial charge in [-0.05, 0) is 41.5 Å². The van der Waals surface area contributed by atoms with E-state index in [0.29, 0.717) is 23.5 Å². The maximum Gasteiger partial charge on any atom is 0.414 e. The molecule has 1 saturated heterocycles. The number of methoxy groups -OCH3 is 2. The molecule has 9 heteroatoms. The number of rotatable bonds is 8. The number of nitrogens with zero attached hydrogens (tertiary/aromatic N) is 2. The average molecular weight is 455 g/mol. The molecule has 1 aliphatic rings. The summed E-state index contributed by atoms with van der Waals surface area (Å²) in [4.78, 5) is 38.1. The third kappa shape index (κ3) is 5.80. The van der Waals surface area contributed by atoms with Gasteiger partial charge in [0.25, 0.3) is 0 Å². The molecule has 1 fully saturated rings. The molecule has 166 valence electrons. The van der Waals surface area contributed by atoms with Crippen molar-refractivity contribution in [1.82, 2.24) is 0 Å². The monoisotopic (exact) mass is 454 g/mol. The number of nitriles is 1. The third-order valence-electron chi connectivity index (χ3n) is 4.87. The standard InChI is InChI=1S/C23H22N2O6S/c1-29-21(26)10-16-5-8-20(17(9-16)11-22(27)30-2)32-14-19-13-25(23(28)31-19)18-6-3-15(12-24)4-7-18/h3-9,19H,10-11,13-14H2,1-2H3. The van der Waals surface area contributed by atoms with E-state index < -0.39 is 6.09 Å². The Morgan fingerprint density at radius 3 is 2.47 bits per heavy atom. The second-order valence-corrected chi connectivity index (χ2v) is 8.10. The van der Waals surface area contributed by atoms with Crippen molar-refractivity contribution < 1.29 is 28.6 Å². The zero-order valence-electron chi connectivity index (χ0n) is 17.7. The summed E-state index contributed by atoms with van der Waals surface area (Å²) >= 11 is 1.46. The Labute approximate surface area is 190 Å². The second-order valence-electron chi connectivity index (χ2n) is 7.03. The van der Waals surface area contributed by atoms with Crippen molar-refractivity contribution in [3.8, 4) is 6.07 Å². The largest absolute Gasteiger partial charge is 0.469 e. The van der Waals surface area contributed by atoms with Gasteiger partial charge in [0.2, 0.25) is 0 Å². The highest BCUT2D eigenvalue weighted by atomic mass is 32.2. The van der Waals surface area contributed by atoms with Crippen LogP contribution >= 0.6 is 11.8 Å². The number of ether oxygens (including phenoxy) is 3. The first-order valence-corrected chi connectivity index (χ1v) is 10.8. The van der Waals surface area contributed by atoms with E-state index in [1.807, 2.05) is 18.2 Å². The van der Waals surface area contributed by atoms with Crippen molar-refractivity contribution >= 4 is 35.5 Å². The van der Waals surface area contributed by atoms with Gasteiger partial charge in [0.1, 0.15) is 6.10 Å². The van der Waals surface area contributed by atoms with Crippen LogP contribution in [0.5, 0.6) is 0 Å². The van der Waals surface area contributed by atoms with Gasteiger partial charge >= 0.3 is 18.0 Å². The first-order valence-electron chi connectivity index (χ1n) is 9.80. The van der Waals surface area contributed by atoms with E-state index in [4.69, 9.17) is 19.5 Å². The summed E-state index contributed by atoms with van der Waals surface area (Å²) in [5, 5.41) is 8.92. The molecule has 0 aliphatic carbocycles. The highest BCUT2D eigenvalue weighted by Gasteiger charge is 2.32. The second kappa shape index (κ2) is 10.7. The molecular weight excluding hydrogens is 432 g/mol. The van der Waals surface area contributed by atoms with Crippen molar-refractivity contribution in [1.29, 1.82) is 5.26 Å². The lowest BCUT2D eigenvalue weighted by atomic mass is 10.1. The summed E-state index contributed by atoms with van der Waals surface area (Å²) in [7, 11) is 2.65. The van der Waals surface area contributed by atoms with E-state index in [9.17, 15) is 14.4 Å². The predicted molar refractivity (Wildman–Crippen MR) is 117 cm³/mol. The molecule has 2 aromatic carbocycles. The van der Waals surface area contributed by atoms with E-state index in [0.717, 1.165) is 16.0 Å². The molecule has 0 aromatic heterocycles. The van der Waals surface area contributed by atoms with Crippen LogP contribution in [0.4, 0.5) is 10.5 Å². The van der Waals surface area contributed by atoms with Gasteiger partial charge in [-0.25, -0.2) is 4.79 Å². The predicted octanol–water partition coefficient (Wildman–Crippen LogP) is 3.11. The smallest absolute Gasteiger partial charge is 0.414 e. The minimum atomic E-state index is -0.441. The van der Waals surface area contributed by atoms with Gasteiger partial charge in [-0.15, -0.1) is 11.8 Å². The van der Waals surface area contributed by atoms with E-state index in [1.54, 1.807) is 30.3 Å². The van der Waals surface area contributed by atoms with Crippen LogP contribution < -0.4 is 4.90 Å². The van der Waals surface area contributed by atoms with Gasteiger partial charge in [-0.3, -0.25) is 14.5 Å². The Bertz CT molecular complexity index is 1050. The van der Waals surface area contributed by atoms with Crippen LogP contribution in [0, 0.1) is 11.3 Å². The molecule has 0 radical (unpaired) electrons. The van der Waals surface area contributed by atoms with Crippen LogP contribution in [-0.2, 0) is 36.6 Å². The molecule has 8 nitrogen and oxygen atoms in total. The number of hydrogen-bond donors (Lipinski definition) is 0. The van der Waals surface area contributed by atoms with Gasteiger partial charge in [0, 0.05) is 16.3 Å². The molecule has 32 heavy (non-hydrogen) atoms. The summed E-state index contributed by atoms with van der Waals surface area (Å²) in [6.07, 6.45) is -0.613.